The van der Waals surface area contributed by atoms with Crippen LogP contribution >= 0.6 is 11.6 Å². The van der Waals surface area contributed by atoms with Gasteiger partial charge in [0.25, 0.3) is 0 Å². The lowest BCUT2D eigenvalue weighted by atomic mass is 10.0. The Labute approximate surface area is 109 Å². The zero-order chi connectivity index (χ0) is 13.1. The van der Waals surface area contributed by atoms with Crippen molar-refractivity contribution in [2.45, 2.75) is 0 Å². The molecule has 2 nitrogen and oxygen atoms in total. The third-order valence-corrected chi connectivity index (χ3v) is 2.83. The zero-order valence-electron chi connectivity index (χ0n) is 9.61. The van der Waals surface area contributed by atoms with Gasteiger partial charge in [0, 0.05) is 5.02 Å². The first-order valence-corrected chi connectivity index (χ1v) is 5.62. The molecule has 2 aromatic rings. The maximum absolute atomic E-state index is 14.2. The standard InChI is InChI=1S/C14H10ClFO2/c1-18-12-6-5-10(8-17)14(16)13(12)9-3-2-4-11(15)7-9/h2-8H,1H3. The van der Waals surface area contributed by atoms with E-state index in [4.69, 9.17) is 16.3 Å². The van der Waals surface area contributed by atoms with E-state index in [2.05, 4.69) is 0 Å². The minimum atomic E-state index is -0.605. The van der Waals surface area contributed by atoms with E-state index < -0.39 is 5.82 Å². The Morgan fingerprint density at radius 2 is 2.06 bits per heavy atom. The lowest BCUT2D eigenvalue weighted by molar-refractivity contribution is 0.112. The first kappa shape index (κ1) is 12.6. The van der Waals surface area contributed by atoms with Crippen molar-refractivity contribution >= 4 is 17.9 Å². The second kappa shape index (κ2) is 5.19. The van der Waals surface area contributed by atoms with Crippen molar-refractivity contribution < 1.29 is 13.9 Å². The maximum atomic E-state index is 14.2. The van der Waals surface area contributed by atoms with Crippen LogP contribution in [0.25, 0.3) is 11.1 Å². The molecule has 0 bridgehead atoms. The summed E-state index contributed by atoms with van der Waals surface area (Å²) in [5.74, 6) is -0.244. The van der Waals surface area contributed by atoms with Crippen molar-refractivity contribution in [1.82, 2.24) is 0 Å². The molecule has 92 valence electrons. The van der Waals surface area contributed by atoms with Crippen LogP contribution in [-0.4, -0.2) is 13.4 Å². The van der Waals surface area contributed by atoms with Crippen molar-refractivity contribution in [3.05, 3.63) is 52.8 Å². The van der Waals surface area contributed by atoms with Gasteiger partial charge in [-0.1, -0.05) is 23.7 Å². The Morgan fingerprint density at radius 3 is 2.67 bits per heavy atom. The van der Waals surface area contributed by atoms with E-state index >= 15 is 0 Å². The highest BCUT2D eigenvalue weighted by Gasteiger charge is 2.15. The van der Waals surface area contributed by atoms with Crippen LogP contribution in [0.1, 0.15) is 10.4 Å². The molecule has 0 fully saturated rings. The van der Waals surface area contributed by atoms with Gasteiger partial charge in [0.05, 0.1) is 18.2 Å². The number of methoxy groups -OCH3 is 1. The van der Waals surface area contributed by atoms with E-state index in [-0.39, 0.29) is 11.1 Å². The molecule has 0 aliphatic rings. The number of halogens is 2. The first-order valence-electron chi connectivity index (χ1n) is 5.25. The van der Waals surface area contributed by atoms with Gasteiger partial charge in [0.15, 0.2) is 6.29 Å². The molecular weight excluding hydrogens is 255 g/mol. The summed E-state index contributed by atoms with van der Waals surface area (Å²) in [7, 11) is 1.45. The summed E-state index contributed by atoms with van der Waals surface area (Å²) < 4.78 is 19.3. The number of benzene rings is 2. The normalized spacial score (nSPS) is 10.2. The van der Waals surface area contributed by atoms with Gasteiger partial charge in [-0.25, -0.2) is 4.39 Å². The number of rotatable bonds is 3. The van der Waals surface area contributed by atoms with Crippen molar-refractivity contribution in [2.75, 3.05) is 7.11 Å². The van der Waals surface area contributed by atoms with Crippen molar-refractivity contribution in [2.24, 2.45) is 0 Å². The number of carbonyl (C=O) groups is 1. The summed E-state index contributed by atoms with van der Waals surface area (Å²) in [6.07, 6.45) is 0.475. The molecule has 4 heteroatoms. The Kier molecular flexibility index (Phi) is 3.63. The molecule has 0 saturated heterocycles. The summed E-state index contributed by atoms with van der Waals surface area (Å²) in [4.78, 5) is 10.8. The average molecular weight is 265 g/mol. The fraction of sp³-hybridized carbons (Fsp3) is 0.0714. The van der Waals surface area contributed by atoms with Crippen LogP contribution in [0.2, 0.25) is 5.02 Å². The Hall–Kier alpha value is -1.87. The minimum Gasteiger partial charge on any atom is -0.496 e. The second-order valence-electron chi connectivity index (χ2n) is 3.67. The quantitative estimate of drug-likeness (QED) is 0.784. The lowest BCUT2D eigenvalue weighted by Crippen LogP contribution is -1.96. The van der Waals surface area contributed by atoms with E-state index in [1.54, 1.807) is 30.3 Å². The van der Waals surface area contributed by atoms with Crippen LogP contribution in [0.3, 0.4) is 0 Å². The van der Waals surface area contributed by atoms with Gasteiger partial charge in [-0.3, -0.25) is 4.79 Å². The van der Waals surface area contributed by atoms with E-state index in [0.717, 1.165) is 0 Å². The predicted octanol–water partition coefficient (Wildman–Crippen LogP) is 3.97. The average Bonchev–Trinajstić information content (AvgIpc) is 2.38. The predicted molar refractivity (Wildman–Crippen MR) is 68.8 cm³/mol. The fourth-order valence-corrected chi connectivity index (χ4v) is 1.94. The first-order chi connectivity index (χ1) is 8.67. The largest absolute Gasteiger partial charge is 0.496 e. The van der Waals surface area contributed by atoms with Gasteiger partial charge in [0.2, 0.25) is 0 Å². The van der Waals surface area contributed by atoms with Crippen molar-refractivity contribution in [3.63, 3.8) is 0 Å². The molecular formula is C14H10ClFO2. The topological polar surface area (TPSA) is 26.3 Å². The Balaban J connectivity index is 2.71. The summed E-state index contributed by atoms with van der Waals surface area (Å²) >= 11 is 5.88. The fourth-order valence-electron chi connectivity index (χ4n) is 1.75. The highest BCUT2D eigenvalue weighted by atomic mass is 35.5. The van der Waals surface area contributed by atoms with Crippen LogP contribution in [0.4, 0.5) is 4.39 Å². The molecule has 0 N–H and O–H groups in total. The molecule has 0 radical (unpaired) electrons. The molecule has 0 aromatic heterocycles. The SMILES string of the molecule is COc1ccc(C=O)c(F)c1-c1cccc(Cl)c1. The highest BCUT2D eigenvalue weighted by Crippen LogP contribution is 2.34. The Morgan fingerprint density at radius 1 is 1.28 bits per heavy atom. The number of hydrogen-bond acceptors (Lipinski definition) is 2. The Bertz CT molecular complexity index is 596. The van der Waals surface area contributed by atoms with Crippen LogP contribution in [0.5, 0.6) is 5.75 Å². The molecule has 2 rings (SSSR count). The number of ether oxygens (including phenoxy) is 1. The van der Waals surface area contributed by atoms with E-state index in [1.165, 1.54) is 13.2 Å². The van der Waals surface area contributed by atoms with E-state index in [1.807, 2.05) is 0 Å². The van der Waals surface area contributed by atoms with Gasteiger partial charge < -0.3 is 4.74 Å². The monoisotopic (exact) mass is 264 g/mol. The van der Waals surface area contributed by atoms with Gasteiger partial charge in [-0.05, 0) is 29.8 Å². The smallest absolute Gasteiger partial charge is 0.153 e. The lowest BCUT2D eigenvalue weighted by Gasteiger charge is -2.11. The number of carbonyl (C=O) groups excluding carboxylic acids is 1. The summed E-state index contributed by atoms with van der Waals surface area (Å²) in [6.45, 7) is 0. The molecule has 0 heterocycles. The second-order valence-corrected chi connectivity index (χ2v) is 4.11. The van der Waals surface area contributed by atoms with Crippen LogP contribution in [-0.2, 0) is 0 Å². The molecule has 0 atom stereocenters. The van der Waals surface area contributed by atoms with Gasteiger partial charge in [-0.2, -0.15) is 0 Å². The third-order valence-electron chi connectivity index (χ3n) is 2.59. The van der Waals surface area contributed by atoms with Crippen molar-refractivity contribution in [1.29, 1.82) is 0 Å². The maximum Gasteiger partial charge on any atom is 0.153 e. The molecule has 0 aliphatic carbocycles. The number of aldehydes is 1. The summed E-state index contributed by atoms with van der Waals surface area (Å²) in [5.41, 5.74) is 0.802. The minimum absolute atomic E-state index is 0.00854. The van der Waals surface area contributed by atoms with Crippen LogP contribution in [0.15, 0.2) is 36.4 Å². The van der Waals surface area contributed by atoms with Gasteiger partial charge in [0.1, 0.15) is 11.6 Å². The van der Waals surface area contributed by atoms with Crippen molar-refractivity contribution in [3.8, 4) is 16.9 Å². The molecule has 0 amide bonds. The van der Waals surface area contributed by atoms with Gasteiger partial charge in [-0.15, -0.1) is 0 Å². The third kappa shape index (κ3) is 2.22. The molecule has 0 aliphatic heterocycles. The number of hydrogen-bond donors (Lipinski definition) is 0. The van der Waals surface area contributed by atoms with Crippen LogP contribution in [0, 0.1) is 5.82 Å². The molecule has 0 unspecified atom stereocenters. The van der Waals surface area contributed by atoms with E-state index in [0.29, 0.717) is 22.6 Å². The molecule has 0 saturated carbocycles. The molecule has 0 spiro atoms. The summed E-state index contributed by atoms with van der Waals surface area (Å²) in [5, 5.41) is 0.491. The van der Waals surface area contributed by atoms with Gasteiger partial charge >= 0.3 is 0 Å². The molecule has 2 aromatic carbocycles. The van der Waals surface area contributed by atoms with E-state index in [9.17, 15) is 9.18 Å². The highest BCUT2D eigenvalue weighted by molar-refractivity contribution is 6.30. The zero-order valence-corrected chi connectivity index (χ0v) is 10.4. The van der Waals surface area contributed by atoms with Crippen LogP contribution < -0.4 is 4.74 Å². The molecule has 18 heavy (non-hydrogen) atoms. The summed E-state index contributed by atoms with van der Waals surface area (Å²) in [6, 6.07) is 9.68.